The zero-order chi connectivity index (χ0) is 20.0. The zero-order valence-electron chi connectivity index (χ0n) is 15.5. The van der Waals surface area contributed by atoms with E-state index in [0.29, 0.717) is 28.5 Å². The van der Waals surface area contributed by atoms with Crippen LogP contribution in [-0.2, 0) is 0 Å². The molecule has 9 heteroatoms. The Kier molecular flexibility index (Phi) is 4.24. The van der Waals surface area contributed by atoms with Gasteiger partial charge in [-0.2, -0.15) is 5.10 Å². The molecule has 4 heterocycles. The molecule has 0 unspecified atom stereocenters. The highest BCUT2D eigenvalue weighted by Crippen LogP contribution is 2.30. The van der Waals surface area contributed by atoms with Crippen molar-refractivity contribution >= 4 is 16.9 Å². The largest absolute Gasteiger partial charge is 0.383 e. The van der Waals surface area contributed by atoms with E-state index < -0.39 is 11.6 Å². The lowest BCUT2D eigenvalue weighted by Crippen LogP contribution is -2.29. The molecule has 7 nitrogen and oxygen atoms in total. The van der Waals surface area contributed by atoms with E-state index in [-0.39, 0.29) is 5.82 Å². The van der Waals surface area contributed by atoms with Crippen LogP contribution in [-0.4, -0.2) is 37.8 Å². The van der Waals surface area contributed by atoms with Crippen molar-refractivity contribution in [2.75, 3.05) is 18.8 Å². The van der Waals surface area contributed by atoms with Gasteiger partial charge in [0.25, 0.3) is 0 Å². The number of nitrogens with two attached hydrogens (primary N) is 1. The Balaban J connectivity index is 1.51. The van der Waals surface area contributed by atoms with Crippen molar-refractivity contribution in [3.8, 4) is 22.5 Å². The van der Waals surface area contributed by atoms with Crippen LogP contribution in [0, 0.1) is 11.6 Å². The molecule has 29 heavy (non-hydrogen) atoms. The number of pyridine rings is 1. The van der Waals surface area contributed by atoms with E-state index >= 15 is 0 Å². The van der Waals surface area contributed by atoms with Crippen LogP contribution in [0.4, 0.5) is 14.6 Å². The maximum atomic E-state index is 13.5. The number of aromatic amines is 1. The van der Waals surface area contributed by atoms with Gasteiger partial charge in [0.2, 0.25) is 0 Å². The predicted octanol–water partition coefficient (Wildman–Crippen LogP) is 3.27. The highest BCUT2D eigenvalue weighted by molar-refractivity contribution is 5.83. The van der Waals surface area contributed by atoms with E-state index in [2.05, 4.69) is 25.4 Å². The number of aromatic nitrogens is 5. The van der Waals surface area contributed by atoms with Crippen LogP contribution in [0.3, 0.4) is 0 Å². The summed E-state index contributed by atoms with van der Waals surface area (Å²) >= 11 is 0. The van der Waals surface area contributed by atoms with Gasteiger partial charge in [-0.1, -0.05) is 0 Å². The van der Waals surface area contributed by atoms with Gasteiger partial charge >= 0.3 is 0 Å². The Morgan fingerprint density at radius 2 is 1.83 bits per heavy atom. The molecule has 1 saturated heterocycles. The van der Waals surface area contributed by atoms with E-state index in [4.69, 9.17) is 5.73 Å². The van der Waals surface area contributed by atoms with Gasteiger partial charge in [-0.15, -0.1) is 0 Å². The average Bonchev–Trinajstić information content (AvgIpc) is 3.37. The van der Waals surface area contributed by atoms with Gasteiger partial charge in [-0.05, 0) is 32.0 Å². The van der Waals surface area contributed by atoms with Crippen molar-refractivity contribution in [1.29, 1.82) is 0 Å². The molecule has 0 bridgehead atoms. The normalized spacial score (nSPS) is 15.2. The Hall–Kier alpha value is -3.33. The summed E-state index contributed by atoms with van der Waals surface area (Å²) in [5.41, 5.74) is 9.09. The standard InChI is InChI=1S/C20H19F2N7/c21-15-6-17-18(7-16(15)22)28-20(27-17)14-5-11(8-25-19(14)23)12-9-26-29(10-12)13-1-3-24-4-2-13/h5-10,13,24H,1-4H2,(H2,23,25)(H,27,28). The van der Waals surface area contributed by atoms with Crippen LogP contribution >= 0.6 is 0 Å². The van der Waals surface area contributed by atoms with E-state index in [9.17, 15) is 8.78 Å². The van der Waals surface area contributed by atoms with Gasteiger partial charge in [0, 0.05) is 35.7 Å². The fourth-order valence-electron chi connectivity index (χ4n) is 3.71. The molecule has 4 N–H and O–H groups in total. The number of anilines is 1. The van der Waals surface area contributed by atoms with Crippen molar-refractivity contribution in [1.82, 2.24) is 30.0 Å². The quantitative estimate of drug-likeness (QED) is 0.495. The van der Waals surface area contributed by atoms with Crippen molar-refractivity contribution in [2.24, 2.45) is 0 Å². The lowest BCUT2D eigenvalue weighted by molar-refractivity contribution is 0.343. The Bertz CT molecular complexity index is 1150. The first-order valence-corrected chi connectivity index (χ1v) is 9.44. The fourth-order valence-corrected chi connectivity index (χ4v) is 3.71. The monoisotopic (exact) mass is 395 g/mol. The van der Waals surface area contributed by atoms with Crippen LogP contribution in [0.15, 0.2) is 36.8 Å². The number of hydrogen-bond acceptors (Lipinski definition) is 5. The maximum absolute atomic E-state index is 13.5. The van der Waals surface area contributed by atoms with Crippen molar-refractivity contribution in [2.45, 2.75) is 18.9 Å². The van der Waals surface area contributed by atoms with Gasteiger partial charge in [0.15, 0.2) is 11.6 Å². The summed E-state index contributed by atoms with van der Waals surface area (Å²) in [6, 6.07) is 4.38. The second-order valence-corrected chi connectivity index (χ2v) is 7.22. The van der Waals surface area contributed by atoms with Crippen molar-refractivity contribution in [3.63, 3.8) is 0 Å². The second-order valence-electron chi connectivity index (χ2n) is 7.22. The average molecular weight is 395 g/mol. The van der Waals surface area contributed by atoms with E-state index in [0.717, 1.165) is 49.2 Å². The van der Waals surface area contributed by atoms with Crippen molar-refractivity contribution in [3.05, 3.63) is 48.4 Å². The number of H-pyrrole nitrogens is 1. The number of benzene rings is 1. The first-order chi connectivity index (χ1) is 14.1. The molecule has 0 atom stereocenters. The van der Waals surface area contributed by atoms with Gasteiger partial charge < -0.3 is 16.0 Å². The summed E-state index contributed by atoms with van der Waals surface area (Å²) in [5, 5.41) is 7.87. The minimum absolute atomic E-state index is 0.277. The summed E-state index contributed by atoms with van der Waals surface area (Å²) in [6.45, 7) is 1.97. The summed E-state index contributed by atoms with van der Waals surface area (Å²) in [6.07, 6.45) is 7.58. The third-order valence-electron chi connectivity index (χ3n) is 5.32. The fraction of sp³-hybridized carbons (Fsp3) is 0.250. The Morgan fingerprint density at radius 3 is 2.66 bits per heavy atom. The first-order valence-electron chi connectivity index (χ1n) is 9.44. The van der Waals surface area contributed by atoms with E-state index in [1.165, 1.54) is 0 Å². The van der Waals surface area contributed by atoms with Gasteiger partial charge in [-0.3, -0.25) is 4.68 Å². The van der Waals surface area contributed by atoms with E-state index in [1.54, 1.807) is 6.20 Å². The zero-order valence-corrected chi connectivity index (χ0v) is 15.5. The number of imidazole rings is 1. The number of fused-ring (bicyclic) bond motifs is 1. The third kappa shape index (κ3) is 3.23. The van der Waals surface area contributed by atoms with Crippen LogP contribution in [0.1, 0.15) is 18.9 Å². The highest BCUT2D eigenvalue weighted by atomic mass is 19.2. The number of rotatable bonds is 3. The topological polar surface area (TPSA) is 97.4 Å². The number of nitrogen functional groups attached to an aromatic ring is 1. The molecule has 5 rings (SSSR count). The minimum Gasteiger partial charge on any atom is -0.383 e. The number of halogens is 2. The maximum Gasteiger partial charge on any atom is 0.161 e. The van der Waals surface area contributed by atoms with Crippen LogP contribution in [0.5, 0.6) is 0 Å². The molecule has 0 radical (unpaired) electrons. The summed E-state index contributed by atoms with van der Waals surface area (Å²) in [5.74, 6) is -1.19. The lowest BCUT2D eigenvalue weighted by Gasteiger charge is -2.22. The summed E-state index contributed by atoms with van der Waals surface area (Å²) < 4.78 is 29.0. The molecule has 148 valence electrons. The number of piperidine rings is 1. The van der Waals surface area contributed by atoms with Gasteiger partial charge in [-0.25, -0.2) is 18.7 Å². The number of hydrogen-bond donors (Lipinski definition) is 3. The molecule has 4 aromatic rings. The van der Waals surface area contributed by atoms with Gasteiger partial charge in [0.05, 0.1) is 28.8 Å². The highest BCUT2D eigenvalue weighted by Gasteiger charge is 2.17. The molecule has 1 aromatic carbocycles. The molecule has 0 saturated carbocycles. The smallest absolute Gasteiger partial charge is 0.161 e. The van der Waals surface area contributed by atoms with E-state index in [1.807, 2.05) is 23.1 Å². The Labute approximate surface area is 165 Å². The molecule has 1 aliphatic rings. The predicted molar refractivity (Wildman–Crippen MR) is 106 cm³/mol. The minimum atomic E-state index is -0.944. The number of nitrogens with one attached hydrogen (secondary N) is 2. The molecular weight excluding hydrogens is 376 g/mol. The Morgan fingerprint density at radius 1 is 1.03 bits per heavy atom. The molecule has 1 aliphatic heterocycles. The van der Waals surface area contributed by atoms with Crippen molar-refractivity contribution < 1.29 is 8.78 Å². The van der Waals surface area contributed by atoms with Gasteiger partial charge in [0.1, 0.15) is 11.6 Å². The molecule has 0 amide bonds. The molecule has 1 fully saturated rings. The second kappa shape index (κ2) is 6.93. The van der Waals surface area contributed by atoms with Crippen LogP contribution < -0.4 is 11.1 Å². The molecule has 0 aliphatic carbocycles. The molecular formula is C20H19F2N7. The lowest BCUT2D eigenvalue weighted by atomic mass is 10.1. The molecule has 0 spiro atoms. The molecule has 3 aromatic heterocycles. The SMILES string of the molecule is Nc1ncc(-c2cnn(C3CCNCC3)c2)cc1-c1nc2cc(F)c(F)cc2[nH]1. The summed E-state index contributed by atoms with van der Waals surface area (Å²) in [4.78, 5) is 11.6. The third-order valence-corrected chi connectivity index (χ3v) is 5.32. The first kappa shape index (κ1) is 17.7. The number of nitrogens with zero attached hydrogens (tertiary/aromatic N) is 4. The van der Waals surface area contributed by atoms with Crippen LogP contribution in [0.2, 0.25) is 0 Å². The summed E-state index contributed by atoms with van der Waals surface area (Å²) in [7, 11) is 0. The van der Waals surface area contributed by atoms with Crippen LogP contribution in [0.25, 0.3) is 33.5 Å².